The first-order valence-corrected chi connectivity index (χ1v) is 8.24. The molecule has 3 rings (SSSR count). The predicted octanol–water partition coefficient (Wildman–Crippen LogP) is 1.35. The Morgan fingerprint density at radius 1 is 1.52 bits per heavy atom. The number of rotatable bonds is 4. The van der Waals surface area contributed by atoms with Crippen molar-refractivity contribution in [3.63, 3.8) is 0 Å². The highest BCUT2D eigenvalue weighted by molar-refractivity contribution is 7.09. The van der Waals surface area contributed by atoms with Crippen molar-refractivity contribution in [1.29, 1.82) is 0 Å². The average Bonchev–Trinajstić information content (AvgIpc) is 3.17. The average molecular weight is 309 g/mol. The topological polar surface area (TPSA) is 71.5 Å². The van der Waals surface area contributed by atoms with E-state index in [9.17, 15) is 9.59 Å². The van der Waals surface area contributed by atoms with Gasteiger partial charge in [-0.2, -0.15) is 0 Å². The molecule has 0 aliphatic carbocycles. The monoisotopic (exact) mass is 309 g/mol. The third-order valence-corrected chi connectivity index (χ3v) is 4.95. The van der Waals surface area contributed by atoms with E-state index < -0.39 is 0 Å². The molecule has 0 bridgehead atoms. The molecule has 1 amide bonds. The van der Waals surface area contributed by atoms with Crippen LogP contribution in [0, 0.1) is 0 Å². The molecule has 2 saturated heterocycles. The van der Waals surface area contributed by atoms with Crippen LogP contribution in [0.4, 0.5) is 0 Å². The van der Waals surface area contributed by atoms with E-state index in [2.05, 4.69) is 15.2 Å². The minimum atomic E-state index is -0.372. The molecule has 2 atom stereocenters. The van der Waals surface area contributed by atoms with E-state index in [1.54, 1.807) is 12.3 Å². The number of carbonyl (C=O) groups excluding carboxylic acids is 2. The normalized spacial score (nSPS) is 26.0. The first kappa shape index (κ1) is 14.5. The molecule has 2 fully saturated rings. The highest BCUT2D eigenvalue weighted by Crippen LogP contribution is 2.36. The van der Waals surface area contributed by atoms with Crippen molar-refractivity contribution >= 4 is 23.2 Å². The minimum absolute atomic E-state index is 0.0487. The molecular weight excluding hydrogens is 290 g/mol. The lowest BCUT2D eigenvalue weighted by atomic mass is 10.1. The van der Waals surface area contributed by atoms with E-state index >= 15 is 0 Å². The van der Waals surface area contributed by atoms with Crippen LogP contribution < -0.4 is 5.32 Å². The van der Waals surface area contributed by atoms with Gasteiger partial charge < -0.3 is 10.1 Å². The number of likely N-dealkylation sites (tertiary alicyclic amines) is 1. The van der Waals surface area contributed by atoms with Gasteiger partial charge in [0, 0.05) is 11.9 Å². The van der Waals surface area contributed by atoms with Crippen molar-refractivity contribution in [1.82, 2.24) is 15.2 Å². The van der Waals surface area contributed by atoms with Crippen molar-refractivity contribution in [2.45, 2.75) is 38.3 Å². The first-order chi connectivity index (χ1) is 10.2. The molecule has 0 radical (unpaired) electrons. The van der Waals surface area contributed by atoms with Gasteiger partial charge in [0.05, 0.1) is 18.7 Å². The van der Waals surface area contributed by atoms with Gasteiger partial charge in [-0.1, -0.05) is 0 Å². The van der Waals surface area contributed by atoms with Gasteiger partial charge in [0.25, 0.3) is 0 Å². The standard InChI is InChI=1S/C14H19N3O3S/c1-2-20-14(19)9-8-21-13(16-9)11-4-3-7-17(11)10-5-6-15-12(10)18/h8,10-11H,2-7H2,1H3,(H,15,18). The third-order valence-electron chi connectivity index (χ3n) is 4.01. The summed E-state index contributed by atoms with van der Waals surface area (Å²) in [5, 5.41) is 5.55. The van der Waals surface area contributed by atoms with Crippen LogP contribution in [0.1, 0.15) is 47.7 Å². The van der Waals surface area contributed by atoms with Crippen LogP contribution >= 0.6 is 11.3 Å². The molecule has 0 aromatic carbocycles. The van der Waals surface area contributed by atoms with E-state index in [0.717, 1.165) is 37.4 Å². The zero-order chi connectivity index (χ0) is 14.8. The molecule has 3 heterocycles. The maximum Gasteiger partial charge on any atom is 0.357 e. The lowest BCUT2D eigenvalue weighted by molar-refractivity contribution is -0.124. The molecule has 2 aliphatic heterocycles. The van der Waals surface area contributed by atoms with E-state index in [-0.39, 0.29) is 24.0 Å². The van der Waals surface area contributed by atoms with Crippen LogP contribution in [0.2, 0.25) is 0 Å². The fourth-order valence-electron chi connectivity index (χ4n) is 3.06. The fraction of sp³-hybridized carbons (Fsp3) is 0.643. The van der Waals surface area contributed by atoms with Crippen LogP contribution in [-0.2, 0) is 9.53 Å². The lowest BCUT2D eigenvalue weighted by Gasteiger charge is -2.27. The number of aromatic nitrogens is 1. The van der Waals surface area contributed by atoms with Crippen LogP contribution in [-0.4, -0.2) is 47.5 Å². The van der Waals surface area contributed by atoms with Crippen molar-refractivity contribution in [2.75, 3.05) is 19.7 Å². The van der Waals surface area contributed by atoms with Crippen LogP contribution in [0.15, 0.2) is 5.38 Å². The zero-order valence-electron chi connectivity index (χ0n) is 12.0. The smallest absolute Gasteiger partial charge is 0.357 e. The molecule has 7 heteroatoms. The number of nitrogens with zero attached hydrogens (tertiary/aromatic N) is 2. The van der Waals surface area contributed by atoms with Gasteiger partial charge in [-0.25, -0.2) is 9.78 Å². The van der Waals surface area contributed by atoms with Gasteiger partial charge in [-0.3, -0.25) is 9.69 Å². The Hall–Kier alpha value is -1.47. The summed E-state index contributed by atoms with van der Waals surface area (Å²) in [5.74, 6) is -0.257. The Kier molecular flexibility index (Phi) is 4.21. The van der Waals surface area contributed by atoms with Gasteiger partial charge >= 0.3 is 5.97 Å². The number of nitrogens with one attached hydrogen (secondary N) is 1. The van der Waals surface area contributed by atoms with Crippen molar-refractivity contribution in [3.8, 4) is 0 Å². The predicted molar refractivity (Wildman–Crippen MR) is 78.2 cm³/mol. The van der Waals surface area contributed by atoms with Gasteiger partial charge in [0.15, 0.2) is 5.69 Å². The molecule has 114 valence electrons. The molecule has 2 aliphatic rings. The summed E-state index contributed by atoms with van der Waals surface area (Å²) in [6.07, 6.45) is 2.90. The number of hydrogen-bond acceptors (Lipinski definition) is 6. The molecule has 0 spiro atoms. The van der Waals surface area contributed by atoms with Gasteiger partial charge in [-0.05, 0) is 32.7 Å². The molecule has 1 aromatic heterocycles. The molecule has 2 unspecified atom stereocenters. The second kappa shape index (κ2) is 6.11. The molecule has 1 N–H and O–H groups in total. The Morgan fingerprint density at radius 2 is 2.38 bits per heavy atom. The van der Waals surface area contributed by atoms with Gasteiger partial charge in [-0.15, -0.1) is 11.3 Å². The van der Waals surface area contributed by atoms with Gasteiger partial charge in [0.2, 0.25) is 5.91 Å². The lowest BCUT2D eigenvalue weighted by Crippen LogP contribution is -2.40. The SMILES string of the molecule is CCOC(=O)c1csc(C2CCCN2C2CCNC2=O)n1. The molecule has 1 aromatic rings. The molecule has 21 heavy (non-hydrogen) atoms. The van der Waals surface area contributed by atoms with Crippen LogP contribution in [0.3, 0.4) is 0 Å². The minimum Gasteiger partial charge on any atom is -0.461 e. The molecule has 0 saturated carbocycles. The Labute approximate surface area is 127 Å². The number of esters is 1. The van der Waals surface area contributed by atoms with Crippen molar-refractivity contribution in [3.05, 3.63) is 16.1 Å². The van der Waals surface area contributed by atoms with E-state index in [0.29, 0.717) is 12.3 Å². The van der Waals surface area contributed by atoms with Crippen LogP contribution in [0.5, 0.6) is 0 Å². The summed E-state index contributed by atoms with van der Waals surface area (Å²) in [6.45, 7) is 3.79. The number of ether oxygens (including phenoxy) is 1. The quantitative estimate of drug-likeness (QED) is 0.850. The summed E-state index contributed by atoms with van der Waals surface area (Å²) in [5.41, 5.74) is 0.375. The second-order valence-electron chi connectivity index (χ2n) is 5.28. The van der Waals surface area contributed by atoms with E-state index in [4.69, 9.17) is 4.74 Å². The number of amides is 1. The summed E-state index contributed by atoms with van der Waals surface area (Å²) < 4.78 is 4.98. The number of thiazole rings is 1. The first-order valence-electron chi connectivity index (χ1n) is 7.36. The maximum absolute atomic E-state index is 11.9. The molecular formula is C14H19N3O3S. The van der Waals surface area contributed by atoms with Gasteiger partial charge in [0.1, 0.15) is 5.01 Å². The highest BCUT2D eigenvalue weighted by Gasteiger charge is 2.39. The van der Waals surface area contributed by atoms with E-state index in [1.807, 2.05) is 0 Å². The van der Waals surface area contributed by atoms with Crippen molar-refractivity contribution < 1.29 is 14.3 Å². The number of carbonyl (C=O) groups is 2. The van der Waals surface area contributed by atoms with Crippen molar-refractivity contribution in [2.24, 2.45) is 0 Å². The second-order valence-corrected chi connectivity index (χ2v) is 6.17. The third kappa shape index (κ3) is 2.80. The summed E-state index contributed by atoms with van der Waals surface area (Å²) in [7, 11) is 0. The Morgan fingerprint density at radius 3 is 3.10 bits per heavy atom. The number of hydrogen-bond donors (Lipinski definition) is 1. The Balaban J connectivity index is 1.76. The maximum atomic E-state index is 11.9. The highest BCUT2D eigenvalue weighted by atomic mass is 32.1. The van der Waals surface area contributed by atoms with E-state index in [1.165, 1.54) is 11.3 Å². The summed E-state index contributed by atoms with van der Waals surface area (Å²) in [4.78, 5) is 30.3. The molecule has 6 nitrogen and oxygen atoms in total. The largest absolute Gasteiger partial charge is 0.461 e. The summed E-state index contributed by atoms with van der Waals surface area (Å²) >= 11 is 1.48. The summed E-state index contributed by atoms with van der Waals surface area (Å²) in [6, 6.07) is 0.0967. The zero-order valence-corrected chi connectivity index (χ0v) is 12.8. The van der Waals surface area contributed by atoms with Crippen LogP contribution in [0.25, 0.3) is 0 Å². The Bertz CT molecular complexity index is 545. The fourth-order valence-corrected chi connectivity index (χ4v) is 4.01.